The summed E-state index contributed by atoms with van der Waals surface area (Å²) in [5, 5.41) is 10.3. The maximum atomic E-state index is 12.6. The SMILES string of the molecule is C#CCOc1ccc(Cl)cc1C(=O)C=C(O)c1ccc(C(F)(F)F)cc1. The van der Waals surface area contributed by atoms with Crippen molar-refractivity contribution in [2.24, 2.45) is 0 Å². The summed E-state index contributed by atoms with van der Waals surface area (Å²) in [6.07, 6.45) is 1.50. The lowest BCUT2D eigenvalue weighted by Crippen LogP contribution is -2.05. The van der Waals surface area contributed by atoms with E-state index in [-0.39, 0.29) is 28.5 Å². The molecule has 0 heterocycles. The molecule has 0 unspecified atom stereocenters. The Morgan fingerprint density at radius 3 is 2.46 bits per heavy atom. The quantitative estimate of drug-likeness (QED) is 0.337. The molecule has 0 aliphatic rings. The van der Waals surface area contributed by atoms with Crippen molar-refractivity contribution in [2.45, 2.75) is 6.18 Å². The van der Waals surface area contributed by atoms with Gasteiger partial charge in [0, 0.05) is 16.7 Å². The molecule has 0 aliphatic heterocycles. The normalized spacial score (nSPS) is 11.7. The van der Waals surface area contributed by atoms with Crippen LogP contribution in [0.3, 0.4) is 0 Å². The lowest BCUT2D eigenvalue weighted by atomic mass is 10.1. The Bertz CT molecular complexity index is 878. The highest BCUT2D eigenvalue weighted by molar-refractivity contribution is 6.31. The highest BCUT2D eigenvalue weighted by Gasteiger charge is 2.30. The van der Waals surface area contributed by atoms with Crippen LogP contribution in [0.25, 0.3) is 5.76 Å². The lowest BCUT2D eigenvalue weighted by molar-refractivity contribution is -0.137. The summed E-state index contributed by atoms with van der Waals surface area (Å²) in [6, 6.07) is 8.05. The first-order valence-corrected chi connectivity index (χ1v) is 7.58. The molecule has 3 nitrogen and oxygen atoms in total. The molecule has 2 rings (SSSR count). The number of alkyl halides is 3. The zero-order valence-electron chi connectivity index (χ0n) is 13.2. The van der Waals surface area contributed by atoms with Crippen LogP contribution in [0.1, 0.15) is 21.5 Å². The second kappa shape index (κ2) is 7.98. The molecule has 26 heavy (non-hydrogen) atoms. The van der Waals surface area contributed by atoms with E-state index in [9.17, 15) is 23.1 Å². The number of carbonyl (C=O) groups is 1. The first kappa shape index (κ1) is 19.4. The van der Waals surface area contributed by atoms with Gasteiger partial charge < -0.3 is 9.84 Å². The van der Waals surface area contributed by atoms with Crippen LogP contribution < -0.4 is 4.74 Å². The Balaban J connectivity index is 2.30. The fraction of sp³-hybridized carbons (Fsp3) is 0.105. The predicted molar refractivity (Wildman–Crippen MR) is 92.2 cm³/mol. The van der Waals surface area contributed by atoms with Crippen molar-refractivity contribution in [3.05, 3.63) is 70.3 Å². The fourth-order valence-electron chi connectivity index (χ4n) is 2.06. The van der Waals surface area contributed by atoms with E-state index in [0.29, 0.717) is 0 Å². The molecule has 0 saturated heterocycles. The minimum atomic E-state index is -4.49. The van der Waals surface area contributed by atoms with Crippen molar-refractivity contribution < 1.29 is 27.8 Å². The second-order valence-corrected chi connectivity index (χ2v) is 5.54. The largest absolute Gasteiger partial charge is 0.507 e. The molecule has 0 spiro atoms. The van der Waals surface area contributed by atoms with Gasteiger partial charge in [0.05, 0.1) is 11.1 Å². The third-order valence-corrected chi connectivity index (χ3v) is 3.53. The van der Waals surface area contributed by atoms with Crippen LogP contribution in [0.2, 0.25) is 5.02 Å². The first-order valence-electron chi connectivity index (χ1n) is 7.21. The molecule has 2 aromatic carbocycles. The van der Waals surface area contributed by atoms with E-state index in [1.165, 1.54) is 18.2 Å². The number of hydrogen-bond acceptors (Lipinski definition) is 3. The molecule has 1 N–H and O–H groups in total. The van der Waals surface area contributed by atoms with Gasteiger partial charge in [-0.1, -0.05) is 29.7 Å². The molecule has 2 aromatic rings. The molecule has 0 amide bonds. The van der Waals surface area contributed by atoms with Crippen molar-refractivity contribution in [3.8, 4) is 18.1 Å². The predicted octanol–water partition coefficient (Wildman–Crippen LogP) is 5.15. The number of aliphatic hydroxyl groups is 1. The number of allylic oxidation sites excluding steroid dienone is 1. The van der Waals surface area contributed by atoms with Crippen molar-refractivity contribution in [2.75, 3.05) is 6.61 Å². The van der Waals surface area contributed by atoms with E-state index >= 15 is 0 Å². The fourth-order valence-corrected chi connectivity index (χ4v) is 2.23. The number of benzene rings is 2. The van der Waals surface area contributed by atoms with E-state index in [0.717, 1.165) is 30.3 Å². The number of rotatable bonds is 5. The molecule has 0 radical (unpaired) electrons. The number of halogens is 4. The Kier molecular flexibility index (Phi) is 5.96. The molecule has 0 aromatic heterocycles. The van der Waals surface area contributed by atoms with Crippen LogP contribution in [0, 0.1) is 12.3 Å². The summed E-state index contributed by atoms with van der Waals surface area (Å²) < 4.78 is 42.9. The van der Waals surface area contributed by atoms with Crippen molar-refractivity contribution in [1.82, 2.24) is 0 Å². The number of aliphatic hydroxyl groups excluding tert-OH is 1. The average molecular weight is 381 g/mol. The van der Waals surface area contributed by atoms with Crippen LogP contribution in [-0.4, -0.2) is 17.5 Å². The average Bonchev–Trinajstić information content (AvgIpc) is 2.59. The van der Waals surface area contributed by atoms with Crippen molar-refractivity contribution in [3.63, 3.8) is 0 Å². The van der Waals surface area contributed by atoms with Gasteiger partial charge in [-0.2, -0.15) is 13.2 Å². The van der Waals surface area contributed by atoms with Gasteiger partial charge in [-0.25, -0.2) is 0 Å². The Morgan fingerprint density at radius 1 is 1.23 bits per heavy atom. The molecule has 7 heteroatoms. The summed E-state index contributed by atoms with van der Waals surface area (Å²) in [5.41, 5.74) is -0.745. The molecule has 0 saturated carbocycles. The number of carbonyl (C=O) groups excluding carboxylic acids is 1. The minimum absolute atomic E-state index is 0.0551. The maximum Gasteiger partial charge on any atom is 0.416 e. The topological polar surface area (TPSA) is 46.5 Å². The number of ether oxygens (including phenoxy) is 1. The van der Waals surface area contributed by atoms with E-state index in [1.54, 1.807) is 0 Å². The number of terminal acetylenes is 1. The molecule has 134 valence electrons. The van der Waals surface area contributed by atoms with E-state index in [1.807, 2.05) is 0 Å². The molecule has 0 fully saturated rings. The van der Waals surface area contributed by atoms with E-state index < -0.39 is 23.3 Å². The minimum Gasteiger partial charge on any atom is -0.507 e. The highest BCUT2D eigenvalue weighted by Crippen LogP contribution is 2.30. The third kappa shape index (κ3) is 4.80. The Morgan fingerprint density at radius 2 is 1.88 bits per heavy atom. The van der Waals surface area contributed by atoms with Gasteiger partial charge in [0.15, 0.2) is 5.78 Å². The van der Waals surface area contributed by atoms with E-state index in [2.05, 4.69) is 5.92 Å². The molecule has 0 aliphatic carbocycles. The van der Waals surface area contributed by atoms with Gasteiger partial charge >= 0.3 is 6.18 Å². The van der Waals surface area contributed by atoms with Crippen LogP contribution in [0.5, 0.6) is 5.75 Å². The van der Waals surface area contributed by atoms with Gasteiger partial charge in [-0.3, -0.25) is 4.79 Å². The van der Waals surface area contributed by atoms with Gasteiger partial charge in [0.25, 0.3) is 0 Å². The monoisotopic (exact) mass is 380 g/mol. The van der Waals surface area contributed by atoms with Gasteiger partial charge in [0.1, 0.15) is 18.1 Å². The summed E-state index contributed by atoms with van der Waals surface area (Å²) in [7, 11) is 0. The standard InChI is InChI=1S/C19H12ClF3O3/c1-2-9-26-18-8-7-14(20)10-15(18)17(25)11-16(24)12-3-5-13(6-4-12)19(21,22)23/h1,3-8,10-11,24H,9H2. The van der Waals surface area contributed by atoms with E-state index in [4.69, 9.17) is 22.8 Å². The summed E-state index contributed by atoms with van der Waals surface area (Å²) in [6.45, 7) is -0.0729. The summed E-state index contributed by atoms with van der Waals surface area (Å²) in [4.78, 5) is 12.4. The van der Waals surface area contributed by atoms with Gasteiger partial charge in [-0.05, 0) is 30.3 Å². The Hall–Kier alpha value is -2.91. The van der Waals surface area contributed by atoms with Gasteiger partial charge in [-0.15, -0.1) is 6.42 Å². The summed E-state index contributed by atoms with van der Waals surface area (Å²) >= 11 is 5.87. The van der Waals surface area contributed by atoms with Gasteiger partial charge in [0.2, 0.25) is 0 Å². The van der Waals surface area contributed by atoms with Crippen molar-refractivity contribution >= 4 is 23.1 Å². The first-order chi connectivity index (χ1) is 12.2. The number of hydrogen-bond donors (Lipinski definition) is 1. The van der Waals surface area contributed by atoms with Crippen LogP contribution in [0.15, 0.2) is 48.5 Å². The number of ketones is 1. The zero-order chi connectivity index (χ0) is 19.3. The van der Waals surface area contributed by atoms with Crippen LogP contribution >= 0.6 is 11.6 Å². The molecular weight excluding hydrogens is 369 g/mol. The van der Waals surface area contributed by atoms with Crippen LogP contribution in [-0.2, 0) is 6.18 Å². The molecule has 0 atom stereocenters. The molecule has 0 bridgehead atoms. The third-order valence-electron chi connectivity index (χ3n) is 3.29. The summed E-state index contributed by atoms with van der Waals surface area (Å²) in [5.74, 6) is 1.30. The molecular formula is C19H12ClF3O3. The smallest absolute Gasteiger partial charge is 0.416 e. The highest BCUT2D eigenvalue weighted by atomic mass is 35.5. The Labute approximate surface area is 152 Å². The zero-order valence-corrected chi connectivity index (χ0v) is 13.9. The van der Waals surface area contributed by atoms with Crippen LogP contribution in [0.4, 0.5) is 13.2 Å². The van der Waals surface area contributed by atoms with Crippen molar-refractivity contribution in [1.29, 1.82) is 0 Å². The lowest BCUT2D eigenvalue weighted by Gasteiger charge is -2.09. The maximum absolute atomic E-state index is 12.6. The second-order valence-electron chi connectivity index (χ2n) is 5.10.